The Bertz CT molecular complexity index is 626. The van der Waals surface area contributed by atoms with Crippen molar-refractivity contribution in [2.24, 2.45) is 5.73 Å². The van der Waals surface area contributed by atoms with E-state index in [1.54, 1.807) is 9.80 Å². The molecule has 2 aliphatic heterocycles. The maximum absolute atomic E-state index is 12.5. The zero-order chi connectivity index (χ0) is 18.5. The van der Waals surface area contributed by atoms with Crippen molar-refractivity contribution in [1.29, 1.82) is 0 Å². The van der Waals surface area contributed by atoms with E-state index in [2.05, 4.69) is 0 Å². The molecule has 1 aromatic carbocycles. The van der Waals surface area contributed by atoms with Crippen LogP contribution in [0.1, 0.15) is 18.4 Å². The van der Waals surface area contributed by atoms with Gasteiger partial charge in [-0.05, 0) is 31.9 Å². The summed E-state index contributed by atoms with van der Waals surface area (Å²) in [6, 6.07) is 7.61. The van der Waals surface area contributed by atoms with Gasteiger partial charge in [-0.25, -0.2) is 0 Å². The number of hydrogen-bond donors (Lipinski definition) is 1. The fourth-order valence-electron chi connectivity index (χ4n) is 3.31. The summed E-state index contributed by atoms with van der Waals surface area (Å²) < 4.78 is 11.2. The summed E-state index contributed by atoms with van der Waals surface area (Å²) in [6.07, 6.45) is 1.17. The number of ether oxygens (including phenoxy) is 2. The van der Waals surface area contributed by atoms with Crippen molar-refractivity contribution in [1.82, 2.24) is 9.80 Å². The van der Waals surface area contributed by atoms with Crippen molar-refractivity contribution in [2.75, 3.05) is 39.3 Å². The van der Waals surface area contributed by atoms with Crippen molar-refractivity contribution >= 4 is 11.8 Å². The Kier molecular flexibility index (Phi) is 6.11. The minimum Gasteiger partial charge on any atom is -0.484 e. The zero-order valence-electron chi connectivity index (χ0n) is 15.2. The van der Waals surface area contributed by atoms with Gasteiger partial charge >= 0.3 is 0 Å². The Labute approximate surface area is 154 Å². The molecule has 2 amide bonds. The first-order chi connectivity index (χ1) is 12.6. The van der Waals surface area contributed by atoms with Gasteiger partial charge < -0.3 is 25.0 Å². The quantitative estimate of drug-likeness (QED) is 0.828. The van der Waals surface area contributed by atoms with Crippen LogP contribution < -0.4 is 10.5 Å². The molecule has 2 heterocycles. The Morgan fingerprint density at radius 1 is 1.12 bits per heavy atom. The van der Waals surface area contributed by atoms with Crippen LogP contribution in [0.3, 0.4) is 0 Å². The van der Waals surface area contributed by atoms with Gasteiger partial charge in [-0.1, -0.05) is 17.7 Å². The van der Waals surface area contributed by atoms with Gasteiger partial charge in [0.1, 0.15) is 11.9 Å². The molecular weight excluding hydrogens is 334 g/mol. The molecule has 2 fully saturated rings. The summed E-state index contributed by atoms with van der Waals surface area (Å²) in [4.78, 5) is 28.4. The van der Waals surface area contributed by atoms with Gasteiger partial charge in [0.15, 0.2) is 6.61 Å². The first-order valence-corrected chi connectivity index (χ1v) is 9.18. The summed E-state index contributed by atoms with van der Waals surface area (Å²) in [7, 11) is 0. The summed E-state index contributed by atoms with van der Waals surface area (Å²) in [6.45, 7) is 4.57. The lowest BCUT2D eigenvalue weighted by molar-refractivity contribution is -0.147. The molecule has 2 aliphatic rings. The molecule has 7 nitrogen and oxygen atoms in total. The van der Waals surface area contributed by atoms with Crippen LogP contribution in [-0.2, 0) is 14.3 Å². The molecule has 7 heteroatoms. The molecule has 2 saturated heterocycles. The van der Waals surface area contributed by atoms with Crippen LogP contribution >= 0.6 is 0 Å². The van der Waals surface area contributed by atoms with E-state index in [1.165, 1.54) is 0 Å². The fraction of sp³-hybridized carbons (Fsp3) is 0.579. The van der Waals surface area contributed by atoms with E-state index >= 15 is 0 Å². The van der Waals surface area contributed by atoms with E-state index in [4.69, 9.17) is 15.2 Å². The first kappa shape index (κ1) is 18.7. The van der Waals surface area contributed by atoms with Gasteiger partial charge in [0.25, 0.3) is 11.8 Å². The molecule has 3 rings (SSSR count). The molecule has 26 heavy (non-hydrogen) atoms. The Morgan fingerprint density at radius 2 is 1.77 bits per heavy atom. The van der Waals surface area contributed by atoms with Crippen LogP contribution in [-0.4, -0.2) is 73.2 Å². The van der Waals surface area contributed by atoms with E-state index in [9.17, 15) is 9.59 Å². The van der Waals surface area contributed by atoms with Crippen molar-refractivity contribution in [3.8, 4) is 5.75 Å². The van der Waals surface area contributed by atoms with E-state index in [-0.39, 0.29) is 30.6 Å². The summed E-state index contributed by atoms with van der Waals surface area (Å²) in [5.41, 5.74) is 6.74. The lowest BCUT2D eigenvalue weighted by Gasteiger charge is -2.35. The van der Waals surface area contributed by atoms with Crippen LogP contribution in [0.25, 0.3) is 0 Å². The number of hydrogen-bond acceptors (Lipinski definition) is 5. The minimum atomic E-state index is -0.379. The summed E-state index contributed by atoms with van der Waals surface area (Å²) >= 11 is 0. The minimum absolute atomic E-state index is 0.00857. The lowest BCUT2D eigenvalue weighted by atomic mass is 10.1. The number of nitrogens with zero attached hydrogens (tertiary/aromatic N) is 2. The van der Waals surface area contributed by atoms with Gasteiger partial charge in [0, 0.05) is 32.7 Å². The number of piperazine rings is 1. The lowest BCUT2D eigenvalue weighted by Crippen LogP contribution is -2.53. The predicted molar refractivity (Wildman–Crippen MR) is 96.8 cm³/mol. The number of carbonyl (C=O) groups excluding carboxylic acids is 2. The van der Waals surface area contributed by atoms with Gasteiger partial charge in [0.2, 0.25) is 0 Å². The van der Waals surface area contributed by atoms with E-state index in [0.717, 1.165) is 18.4 Å². The normalized spacial score (nSPS) is 23.2. The number of nitrogens with two attached hydrogens (primary N) is 1. The van der Waals surface area contributed by atoms with Crippen LogP contribution in [0, 0.1) is 6.92 Å². The molecule has 0 radical (unpaired) electrons. The first-order valence-electron chi connectivity index (χ1n) is 9.18. The Morgan fingerprint density at radius 3 is 2.38 bits per heavy atom. The molecule has 0 aliphatic carbocycles. The Balaban J connectivity index is 1.42. The number of amides is 2. The van der Waals surface area contributed by atoms with E-state index < -0.39 is 0 Å². The molecule has 0 saturated carbocycles. The molecule has 2 N–H and O–H groups in total. The number of benzene rings is 1. The fourth-order valence-corrected chi connectivity index (χ4v) is 3.31. The highest BCUT2D eigenvalue weighted by atomic mass is 16.5. The maximum atomic E-state index is 12.5. The second-order valence-electron chi connectivity index (χ2n) is 6.87. The molecule has 1 aromatic rings. The monoisotopic (exact) mass is 361 g/mol. The largest absolute Gasteiger partial charge is 0.484 e. The van der Waals surface area contributed by atoms with Crippen LogP contribution in [0.2, 0.25) is 0 Å². The van der Waals surface area contributed by atoms with Crippen molar-refractivity contribution in [2.45, 2.75) is 32.0 Å². The SMILES string of the molecule is Cc1ccc(OCC(=O)N2CCN(C(=O)[C@@H]3CC[C@H](CN)O3)CC2)cc1. The highest BCUT2D eigenvalue weighted by molar-refractivity contribution is 5.82. The second kappa shape index (κ2) is 8.51. The third-order valence-corrected chi connectivity index (χ3v) is 4.97. The van der Waals surface area contributed by atoms with Gasteiger partial charge in [-0.15, -0.1) is 0 Å². The van der Waals surface area contributed by atoms with Gasteiger partial charge in [-0.3, -0.25) is 9.59 Å². The summed E-state index contributed by atoms with van der Waals surface area (Å²) in [5.74, 6) is 0.646. The van der Waals surface area contributed by atoms with E-state index in [1.807, 2.05) is 31.2 Å². The highest BCUT2D eigenvalue weighted by Crippen LogP contribution is 2.21. The second-order valence-corrected chi connectivity index (χ2v) is 6.87. The van der Waals surface area contributed by atoms with Crippen LogP contribution in [0.5, 0.6) is 5.75 Å². The number of rotatable bonds is 5. The number of aryl methyl sites for hydroxylation is 1. The molecule has 0 aromatic heterocycles. The third-order valence-electron chi connectivity index (χ3n) is 4.97. The van der Waals surface area contributed by atoms with Gasteiger partial charge in [0.05, 0.1) is 6.10 Å². The molecule has 142 valence electrons. The molecule has 2 atom stereocenters. The molecule has 0 bridgehead atoms. The third kappa shape index (κ3) is 4.53. The van der Waals surface area contributed by atoms with Crippen molar-refractivity contribution in [3.05, 3.63) is 29.8 Å². The van der Waals surface area contributed by atoms with Crippen LogP contribution in [0.4, 0.5) is 0 Å². The van der Waals surface area contributed by atoms with Crippen LogP contribution in [0.15, 0.2) is 24.3 Å². The van der Waals surface area contributed by atoms with Gasteiger partial charge in [-0.2, -0.15) is 0 Å². The average Bonchev–Trinajstić information content (AvgIpc) is 3.16. The Hall–Kier alpha value is -2.12. The topological polar surface area (TPSA) is 85.1 Å². The zero-order valence-corrected chi connectivity index (χ0v) is 15.2. The van der Waals surface area contributed by atoms with E-state index in [0.29, 0.717) is 38.5 Å². The maximum Gasteiger partial charge on any atom is 0.260 e. The molecule has 0 unspecified atom stereocenters. The molecule has 0 spiro atoms. The summed E-state index contributed by atoms with van der Waals surface area (Å²) in [5, 5.41) is 0. The molecular formula is C19H27N3O4. The number of carbonyl (C=O) groups is 2. The predicted octanol–water partition coefficient (Wildman–Crippen LogP) is 0.551. The van der Waals surface area contributed by atoms with Crippen molar-refractivity contribution < 1.29 is 19.1 Å². The highest BCUT2D eigenvalue weighted by Gasteiger charge is 2.34. The van der Waals surface area contributed by atoms with Crippen molar-refractivity contribution in [3.63, 3.8) is 0 Å². The smallest absolute Gasteiger partial charge is 0.260 e. The standard InChI is InChI=1S/C19H27N3O4/c1-14-2-4-15(5-3-14)25-13-18(23)21-8-10-22(11-9-21)19(24)17-7-6-16(12-20)26-17/h2-5,16-17H,6-13,20H2,1H3/t16-,17+/m1/s1. The average molecular weight is 361 g/mol.